The molecular formula is C12H15O3+. The molecule has 0 spiro atoms. The third-order valence-electron chi connectivity index (χ3n) is 2.68. The van der Waals surface area contributed by atoms with Crippen molar-refractivity contribution in [2.75, 3.05) is 20.8 Å². The van der Waals surface area contributed by atoms with Gasteiger partial charge in [0.15, 0.2) is 11.5 Å². The first-order valence-corrected chi connectivity index (χ1v) is 4.98. The van der Waals surface area contributed by atoms with Crippen molar-refractivity contribution in [1.29, 1.82) is 0 Å². The maximum atomic E-state index is 5.50. The highest BCUT2D eigenvalue weighted by atomic mass is 16.5. The van der Waals surface area contributed by atoms with Crippen LogP contribution in [0.2, 0.25) is 0 Å². The van der Waals surface area contributed by atoms with Crippen molar-refractivity contribution in [2.24, 2.45) is 0 Å². The Hall–Kier alpha value is -1.51. The summed E-state index contributed by atoms with van der Waals surface area (Å²) < 4.78 is 16.0. The molecule has 1 aromatic carbocycles. The number of ether oxygens (including phenoxy) is 2. The molecule has 0 aliphatic carbocycles. The van der Waals surface area contributed by atoms with Crippen LogP contribution in [0.15, 0.2) is 12.1 Å². The minimum atomic E-state index is 0.744. The van der Waals surface area contributed by atoms with Crippen LogP contribution in [0.5, 0.6) is 11.5 Å². The lowest BCUT2D eigenvalue weighted by molar-refractivity contribution is -0.271. The van der Waals surface area contributed by atoms with E-state index in [0.717, 1.165) is 35.9 Å². The zero-order chi connectivity index (χ0) is 10.8. The molecule has 2 rings (SSSR count). The van der Waals surface area contributed by atoms with Crippen LogP contribution in [0.4, 0.5) is 0 Å². The molecule has 80 valence electrons. The van der Waals surface area contributed by atoms with Crippen molar-refractivity contribution in [3.8, 4) is 11.5 Å². The number of rotatable bonds is 2. The molecule has 0 amide bonds. The van der Waals surface area contributed by atoms with Crippen LogP contribution >= 0.6 is 0 Å². The van der Waals surface area contributed by atoms with Gasteiger partial charge in [0.05, 0.1) is 33.1 Å². The zero-order valence-corrected chi connectivity index (χ0v) is 9.29. The Morgan fingerprint density at radius 3 is 2.47 bits per heavy atom. The topological polar surface area (TPSA) is 29.8 Å². The van der Waals surface area contributed by atoms with E-state index in [1.165, 1.54) is 5.56 Å². The van der Waals surface area contributed by atoms with Gasteiger partial charge < -0.3 is 9.47 Å². The highest BCUT2D eigenvalue weighted by Crippen LogP contribution is 2.32. The Morgan fingerprint density at radius 2 is 1.80 bits per heavy atom. The summed E-state index contributed by atoms with van der Waals surface area (Å²) >= 11 is 0. The van der Waals surface area contributed by atoms with E-state index in [-0.39, 0.29) is 0 Å². The molecule has 0 saturated carbocycles. The molecule has 0 unspecified atom stereocenters. The Labute approximate surface area is 89.3 Å². The van der Waals surface area contributed by atoms with Crippen LogP contribution in [-0.4, -0.2) is 26.6 Å². The van der Waals surface area contributed by atoms with E-state index in [2.05, 4.69) is 0 Å². The zero-order valence-electron chi connectivity index (χ0n) is 9.29. The highest BCUT2D eigenvalue weighted by Gasteiger charge is 2.23. The summed E-state index contributed by atoms with van der Waals surface area (Å²) in [7, 11) is 3.30. The van der Waals surface area contributed by atoms with Crippen LogP contribution in [0.25, 0.3) is 0 Å². The van der Waals surface area contributed by atoms with Gasteiger partial charge in [-0.05, 0) is 11.6 Å². The number of ketones is 1. The SMILES string of the molecule is COc1cc2c(cc1OC)C(C)=[O+]CC2. The molecule has 1 heterocycles. The van der Waals surface area contributed by atoms with Gasteiger partial charge in [0.25, 0.3) is 6.61 Å². The number of benzene rings is 1. The molecule has 0 bridgehead atoms. The van der Waals surface area contributed by atoms with Gasteiger partial charge in [-0.3, -0.25) is 4.42 Å². The van der Waals surface area contributed by atoms with E-state index in [9.17, 15) is 0 Å². The van der Waals surface area contributed by atoms with Crippen molar-refractivity contribution < 1.29 is 13.9 Å². The second kappa shape index (κ2) is 3.93. The van der Waals surface area contributed by atoms with Gasteiger partial charge in [0.2, 0.25) is 0 Å². The van der Waals surface area contributed by atoms with Crippen molar-refractivity contribution in [3.63, 3.8) is 0 Å². The molecule has 0 N–H and O–H groups in total. The first-order chi connectivity index (χ1) is 7.26. The van der Waals surface area contributed by atoms with E-state index in [1.54, 1.807) is 14.2 Å². The summed E-state index contributed by atoms with van der Waals surface area (Å²) in [6, 6.07) is 4.00. The summed E-state index contributed by atoms with van der Waals surface area (Å²) in [6.07, 6.45) is 0.924. The van der Waals surface area contributed by atoms with Crippen molar-refractivity contribution in [3.05, 3.63) is 23.3 Å². The van der Waals surface area contributed by atoms with Gasteiger partial charge in [0, 0.05) is 6.07 Å². The van der Waals surface area contributed by atoms with Crippen molar-refractivity contribution in [1.82, 2.24) is 0 Å². The van der Waals surface area contributed by atoms with E-state index in [4.69, 9.17) is 13.9 Å². The summed E-state index contributed by atoms with van der Waals surface area (Å²) in [6.45, 7) is 2.72. The fourth-order valence-corrected chi connectivity index (χ4v) is 1.85. The fraction of sp³-hybridized carbons (Fsp3) is 0.417. The molecule has 1 aliphatic heterocycles. The third-order valence-corrected chi connectivity index (χ3v) is 2.68. The number of hydrogen-bond acceptors (Lipinski definition) is 2. The molecule has 0 saturated heterocycles. The lowest BCUT2D eigenvalue weighted by atomic mass is 9.99. The molecular weight excluding hydrogens is 192 g/mol. The quantitative estimate of drug-likeness (QED) is 0.694. The summed E-state index contributed by atoms with van der Waals surface area (Å²) in [5.41, 5.74) is 2.38. The normalized spacial score (nSPS) is 14.2. The molecule has 0 fully saturated rings. The van der Waals surface area contributed by atoms with E-state index < -0.39 is 0 Å². The number of methoxy groups -OCH3 is 2. The molecule has 0 atom stereocenters. The molecule has 0 aromatic heterocycles. The molecule has 1 aliphatic rings. The predicted octanol–water partition coefficient (Wildman–Crippen LogP) is 2.00. The van der Waals surface area contributed by atoms with E-state index in [0.29, 0.717) is 0 Å². The van der Waals surface area contributed by atoms with Gasteiger partial charge in [-0.1, -0.05) is 0 Å². The molecule has 1 aromatic rings. The Bertz CT molecular complexity index is 408. The Balaban J connectivity index is 2.55. The maximum Gasteiger partial charge on any atom is 0.324 e. The summed E-state index contributed by atoms with van der Waals surface area (Å²) in [5.74, 6) is 2.49. The number of hydrogen-bond donors (Lipinski definition) is 0. The van der Waals surface area contributed by atoms with E-state index >= 15 is 0 Å². The summed E-state index contributed by atoms with van der Waals surface area (Å²) in [4.78, 5) is 0. The molecule has 15 heavy (non-hydrogen) atoms. The van der Waals surface area contributed by atoms with Crippen LogP contribution in [-0.2, 0) is 6.42 Å². The van der Waals surface area contributed by atoms with Crippen LogP contribution in [0, 0.1) is 0 Å². The predicted molar refractivity (Wildman–Crippen MR) is 58.1 cm³/mol. The van der Waals surface area contributed by atoms with Crippen LogP contribution in [0.3, 0.4) is 0 Å². The average Bonchev–Trinajstić information content (AvgIpc) is 2.28. The highest BCUT2D eigenvalue weighted by molar-refractivity contribution is 5.97. The molecule has 3 heteroatoms. The van der Waals surface area contributed by atoms with Gasteiger partial charge in [-0.2, -0.15) is 0 Å². The van der Waals surface area contributed by atoms with E-state index in [1.807, 2.05) is 19.1 Å². The van der Waals surface area contributed by atoms with Crippen LogP contribution < -0.4 is 9.47 Å². The van der Waals surface area contributed by atoms with Gasteiger partial charge in [0.1, 0.15) is 0 Å². The average molecular weight is 207 g/mol. The summed E-state index contributed by atoms with van der Waals surface area (Å²) in [5, 5.41) is 0. The van der Waals surface area contributed by atoms with Crippen molar-refractivity contribution >= 4 is 5.78 Å². The Kier molecular flexibility index (Phi) is 2.62. The first kappa shape index (κ1) is 10.0. The molecule has 3 nitrogen and oxygen atoms in total. The largest absolute Gasteiger partial charge is 0.493 e. The lowest BCUT2D eigenvalue weighted by Gasteiger charge is -2.12. The molecule has 0 radical (unpaired) electrons. The lowest BCUT2D eigenvalue weighted by Crippen LogP contribution is -2.11. The maximum absolute atomic E-state index is 5.50. The smallest absolute Gasteiger partial charge is 0.324 e. The number of carbonyl (C=O) groups excluding carboxylic acids is 1. The monoisotopic (exact) mass is 207 g/mol. The van der Waals surface area contributed by atoms with Gasteiger partial charge in [-0.25, -0.2) is 0 Å². The van der Waals surface area contributed by atoms with Gasteiger partial charge in [-0.15, -0.1) is 0 Å². The number of fused-ring (bicyclic) bond motifs is 1. The Morgan fingerprint density at radius 1 is 1.13 bits per heavy atom. The first-order valence-electron chi connectivity index (χ1n) is 4.98. The van der Waals surface area contributed by atoms with Crippen LogP contribution in [0.1, 0.15) is 22.5 Å². The minimum absolute atomic E-state index is 0.744. The second-order valence-electron chi connectivity index (χ2n) is 3.52. The van der Waals surface area contributed by atoms with Gasteiger partial charge >= 0.3 is 5.78 Å². The second-order valence-corrected chi connectivity index (χ2v) is 3.52. The standard InChI is InChI=1S/C12H15O3/c1-8-10-7-12(14-3)11(13-2)6-9(10)4-5-15-8/h6-7H,4-5H2,1-3H3/q+1. The minimum Gasteiger partial charge on any atom is -0.493 e. The van der Waals surface area contributed by atoms with Crippen molar-refractivity contribution in [2.45, 2.75) is 13.3 Å². The third kappa shape index (κ3) is 1.69. The fourth-order valence-electron chi connectivity index (χ4n) is 1.85.